The van der Waals surface area contributed by atoms with Gasteiger partial charge < -0.3 is 9.80 Å². The average Bonchev–Trinajstić information content (AvgIpc) is 3.11. The van der Waals surface area contributed by atoms with Gasteiger partial charge in [0.2, 0.25) is 5.91 Å². The molecule has 0 radical (unpaired) electrons. The number of aromatic nitrogens is 1. The molecule has 5 rings (SSSR count). The third-order valence-corrected chi connectivity index (χ3v) is 7.30. The van der Waals surface area contributed by atoms with Gasteiger partial charge in [0, 0.05) is 43.1 Å². The minimum atomic E-state index is -1.09. The molecule has 2 amide bonds. The highest BCUT2D eigenvalue weighted by molar-refractivity contribution is 6.32. The number of carbonyl (C=O) groups excluding carboxylic acids is 2. The Morgan fingerprint density at radius 1 is 1.11 bits per heavy atom. The van der Waals surface area contributed by atoms with Gasteiger partial charge in [-0.3, -0.25) is 14.6 Å². The minimum absolute atomic E-state index is 0.0409. The molecule has 0 bridgehead atoms. The van der Waals surface area contributed by atoms with Crippen molar-refractivity contribution in [2.45, 2.75) is 44.8 Å². The number of hydrogen-bond acceptors (Lipinski definition) is 5. The van der Waals surface area contributed by atoms with E-state index in [1.165, 1.54) is 0 Å². The highest BCUT2D eigenvalue weighted by Gasteiger charge is 2.51. The summed E-state index contributed by atoms with van der Waals surface area (Å²) in [5.74, 6) is 0.474. The number of halogens is 1. The Morgan fingerprint density at radius 2 is 1.80 bits per heavy atom. The number of benzene rings is 2. The lowest BCUT2D eigenvalue weighted by molar-refractivity contribution is -0.125. The highest BCUT2D eigenvalue weighted by Crippen LogP contribution is 2.46. The number of fused-ring (bicyclic) bond motifs is 2. The van der Waals surface area contributed by atoms with Gasteiger partial charge in [0.05, 0.1) is 11.1 Å². The zero-order chi connectivity index (χ0) is 24.9. The van der Waals surface area contributed by atoms with E-state index in [2.05, 4.69) is 10.4 Å². The molecule has 2 aliphatic heterocycles. The fourth-order valence-electron chi connectivity index (χ4n) is 5.49. The van der Waals surface area contributed by atoms with E-state index in [0.717, 1.165) is 16.9 Å². The summed E-state index contributed by atoms with van der Waals surface area (Å²) in [6.45, 7) is 5.46. The molecule has 8 heteroatoms. The number of anilines is 3. The van der Waals surface area contributed by atoms with Crippen molar-refractivity contribution in [2.75, 3.05) is 21.9 Å². The molecule has 3 atom stereocenters. The number of hydrogen-bond donors (Lipinski definition) is 1. The molecule has 3 heterocycles. The molecule has 2 aliphatic rings. The number of rotatable bonds is 3. The maximum absolute atomic E-state index is 14.3. The van der Waals surface area contributed by atoms with Crippen LogP contribution < -0.4 is 20.2 Å². The van der Waals surface area contributed by atoms with Crippen molar-refractivity contribution < 1.29 is 9.59 Å². The minimum Gasteiger partial charge on any atom is -0.307 e. The van der Waals surface area contributed by atoms with Crippen molar-refractivity contribution in [3.8, 4) is 0 Å². The number of hydrazine groups is 1. The van der Waals surface area contributed by atoms with Crippen LogP contribution in [0.3, 0.4) is 0 Å². The third kappa shape index (κ3) is 3.66. The summed E-state index contributed by atoms with van der Waals surface area (Å²) in [5.41, 5.74) is 5.43. The maximum Gasteiger partial charge on any atom is 0.253 e. The smallest absolute Gasteiger partial charge is 0.253 e. The molecule has 2 aromatic carbocycles. The molecule has 0 saturated heterocycles. The summed E-state index contributed by atoms with van der Waals surface area (Å²) in [5, 5.41) is 2.24. The number of carbonyl (C=O) groups is 2. The molecular weight excluding hydrogens is 462 g/mol. The summed E-state index contributed by atoms with van der Waals surface area (Å²) in [7, 11) is 1.83. The second-order valence-corrected chi connectivity index (χ2v) is 9.75. The van der Waals surface area contributed by atoms with Crippen LogP contribution >= 0.6 is 11.6 Å². The molecule has 0 spiro atoms. The first-order valence-corrected chi connectivity index (χ1v) is 12.1. The van der Waals surface area contributed by atoms with Crippen molar-refractivity contribution in [2.24, 2.45) is 0 Å². The van der Waals surface area contributed by atoms with E-state index in [0.29, 0.717) is 22.8 Å². The normalized spacial score (nSPS) is 23.0. The van der Waals surface area contributed by atoms with E-state index in [-0.39, 0.29) is 23.9 Å². The Hall–Kier alpha value is -3.42. The first kappa shape index (κ1) is 23.3. The van der Waals surface area contributed by atoms with Gasteiger partial charge in [-0.25, -0.2) is 10.4 Å². The van der Waals surface area contributed by atoms with Gasteiger partial charge in [-0.15, -0.1) is 0 Å². The van der Waals surface area contributed by atoms with Gasteiger partial charge in [0.1, 0.15) is 11.4 Å². The predicted molar refractivity (Wildman–Crippen MR) is 138 cm³/mol. The topological polar surface area (TPSA) is 68.8 Å². The van der Waals surface area contributed by atoms with Gasteiger partial charge in [0.25, 0.3) is 5.91 Å². The van der Waals surface area contributed by atoms with Crippen LogP contribution in [0.4, 0.5) is 17.2 Å². The van der Waals surface area contributed by atoms with E-state index in [4.69, 9.17) is 11.6 Å². The number of amides is 2. The Balaban J connectivity index is 1.60. The van der Waals surface area contributed by atoms with Crippen LogP contribution in [0.15, 0.2) is 66.9 Å². The lowest BCUT2D eigenvalue weighted by Gasteiger charge is -2.45. The molecule has 35 heavy (non-hydrogen) atoms. The molecule has 1 aromatic heterocycles. The molecular formula is C27H28ClN5O2. The van der Waals surface area contributed by atoms with Crippen LogP contribution in [-0.2, 0) is 15.1 Å². The molecule has 1 unspecified atom stereocenters. The quantitative estimate of drug-likeness (QED) is 0.571. The van der Waals surface area contributed by atoms with Gasteiger partial charge >= 0.3 is 0 Å². The Bertz CT molecular complexity index is 1300. The Kier molecular flexibility index (Phi) is 5.77. The molecule has 0 aliphatic carbocycles. The number of para-hydroxylation sites is 2. The van der Waals surface area contributed by atoms with Crippen LogP contribution in [0, 0.1) is 0 Å². The fourth-order valence-corrected chi connectivity index (χ4v) is 5.82. The Morgan fingerprint density at radius 3 is 2.51 bits per heavy atom. The summed E-state index contributed by atoms with van der Waals surface area (Å²) < 4.78 is 0. The lowest BCUT2D eigenvalue weighted by Crippen LogP contribution is -2.58. The molecule has 7 nitrogen and oxygen atoms in total. The van der Waals surface area contributed by atoms with Gasteiger partial charge in [0.15, 0.2) is 0 Å². The van der Waals surface area contributed by atoms with E-state index in [1.54, 1.807) is 24.2 Å². The van der Waals surface area contributed by atoms with Gasteiger partial charge in [-0.1, -0.05) is 48.0 Å². The second kappa shape index (κ2) is 8.66. The number of nitrogens with one attached hydrogen (secondary N) is 1. The van der Waals surface area contributed by atoms with Gasteiger partial charge in [-0.2, -0.15) is 0 Å². The summed E-state index contributed by atoms with van der Waals surface area (Å²) >= 11 is 6.58. The first-order valence-electron chi connectivity index (χ1n) is 11.7. The third-order valence-electron chi connectivity index (χ3n) is 6.98. The zero-order valence-electron chi connectivity index (χ0n) is 20.2. The van der Waals surface area contributed by atoms with Gasteiger partial charge in [-0.05, 0) is 50.1 Å². The van der Waals surface area contributed by atoms with Crippen molar-refractivity contribution in [3.63, 3.8) is 0 Å². The SMILES string of the molecule is CC(=O)N(c1ccccc1)[C@H]1C[C@@H](C)N(C(=O)C2(C)NN(C)c3nccc(Cl)c32)c2ccccc21. The summed E-state index contributed by atoms with van der Waals surface area (Å²) in [6.07, 6.45) is 2.23. The zero-order valence-corrected chi connectivity index (χ0v) is 21.0. The van der Waals surface area contributed by atoms with Crippen molar-refractivity contribution >= 4 is 40.6 Å². The Labute approximate surface area is 210 Å². The van der Waals surface area contributed by atoms with Crippen LogP contribution in [0.5, 0.6) is 0 Å². The van der Waals surface area contributed by atoms with Crippen molar-refractivity contribution in [1.29, 1.82) is 0 Å². The average molecular weight is 490 g/mol. The monoisotopic (exact) mass is 489 g/mol. The van der Waals surface area contributed by atoms with Crippen molar-refractivity contribution in [1.82, 2.24) is 10.4 Å². The van der Waals surface area contributed by atoms with Crippen LogP contribution in [0.1, 0.15) is 44.4 Å². The van der Waals surface area contributed by atoms with E-state index in [9.17, 15) is 9.59 Å². The molecule has 1 N–H and O–H groups in total. The summed E-state index contributed by atoms with van der Waals surface area (Å²) in [6, 6.07) is 18.8. The molecule has 0 fully saturated rings. The number of pyridine rings is 1. The van der Waals surface area contributed by atoms with Crippen LogP contribution in [0.25, 0.3) is 0 Å². The second-order valence-electron chi connectivity index (χ2n) is 9.35. The van der Waals surface area contributed by atoms with E-state index < -0.39 is 5.54 Å². The standard InChI is InChI=1S/C27H28ClN5O2/c1-17-16-23(33(18(2)34)19-10-6-5-7-11-19)20-12-8-9-13-22(20)32(17)26(35)27(3)24-21(28)14-15-29-25(24)31(4)30-27/h5-15,17,23,30H,16H2,1-4H3/t17-,23+,27?/m1/s1. The largest absolute Gasteiger partial charge is 0.307 e. The maximum atomic E-state index is 14.3. The first-order chi connectivity index (χ1) is 16.7. The van der Waals surface area contributed by atoms with E-state index in [1.807, 2.05) is 85.3 Å². The predicted octanol–water partition coefficient (Wildman–Crippen LogP) is 4.82. The summed E-state index contributed by atoms with van der Waals surface area (Å²) in [4.78, 5) is 35.3. The molecule has 3 aromatic rings. The van der Waals surface area contributed by atoms with Crippen LogP contribution in [-0.4, -0.2) is 29.9 Å². The molecule has 0 saturated carbocycles. The fraction of sp³-hybridized carbons (Fsp3) is 0.296. The number of nitrogens with zero attached hydrogens (tertiary/aromatic N) is 4. The van der Waals surface area contributed by atoms with Crippen molar-refractivity contribution in [3.05, 3.63) is 83.0 Å². The van der Waals surface area contributed by atoms with Crippen LogP contribution in [0.2, 0.25) is 5.02 Å². The lowest BCUT2D eigenvalue weighted by atomic mass is 9.86. The highest BCUT2D eigenvalue weighted by atomic mass is 35.5. The molecule has 180 valence electrons. The van der Waals surface area contributed by atoms with E-state index >= 15 is 0 Å².